The summed E-state index contributed by atoms with van der Waals surface area (Å²) >= 11 is 0. The second-order valence-corrected chi connectivity index (χ2v) is 4.28. The Bertz CT molecular complexity index is 241. The first-order valence-corrected chi connectivity index (χ1v) is 7.03. The van der Waals surface area contributed by atoms with E-state index < -0.39 is 0 Å². The first kappa shape index (κ1) is 16.0. The van der Waals surface area contributed by atoms with Gasteiger partial charge in [0.15, 0.2) is 0 Å². The largest absolute Gasteiger partial charge is 0.0877 e. The summed E-state index contributed by atoms with van der Waals surface area (Å²) < 4.78 is 0. The minimum absolute atomic E-state index is 1.22. The molecule has 0 heteroatoms. The van der Waals surface area contributed by atoms with Crippen LogP contribution in [0.2, 0.25) is 0 Å². The average molecular weight is 232 g/mol. The maximum Gasteiger partial charge on any atom is -0.0348 e. The third-order valence-corrected chi connectivity index (χ3v) is 2.61. The van der Waals surface area contributed by atoms with Crippen molar-refractivity contribution >= 4 is 0 Å². The van der Waals surface area contributed by atoms with Crippen molar-refractivity contribution in [3.8, 4) is 0 Å². The van der Waals surface area contributed by atoms with Crippen LogP contribution >= 0.6 is 0 Å². The van der Waals surface area contributed by atoms with Crippen LogP contribution in [0.1, 0.15) is 58.8 Å². The van der Waals surface area contributed by atoms with Crippen LogP contribution in [0.25, 0.3) is 0 Å². The molecule has 0 aliphatic carbocycles. The fourth-order valence-corrected chi connectivity index (χ4v) is 1.59. The van der Waals surface area contributed by atoms with E-state index >= 15 is 0 Å². The summed E-state index contributed by atoms with van der Waals surface area (Å²) in [4.78, 5) is 0. The topological polar surface area (TPSA) is 0 Å². The molecule has 0 spiro atoms. The first-order chi connectivity index (χ1) is 8.41. The van der Waals surface area contributed by atoms with Gasteiger partial charge >= 0.3 is 0 Å². The van der Waals surface area contributed by atoms with Crippen LogP contribution in [-0.2, 0) is 0 Å². The second-order valence-electron chi connectivity index (χ2n) is 4.28. The Morgan fingerprint density at radius 1 is 0.647 bits per heavy atom. The molecule has 17 heavy (non-hydrogen) atoms. The highest BCUT2D eigenvalue weighted by atomic mass is 13.9. The maximum absolute atomic E-state index is 2.26. The molecule has 0 saturated heterocycles. The summed E-state index contributed by atoms with van der Waals surface area (Å²) in [5.74, 6) is 0. The molecule has 0 amide bonds. The molecule has 0 aromatic carbocycles. The van der Waals surface area contributed by atoms with Gasteiger partial charge in [-0.1, -0.05) is 87.6 Å². The molecule has 0 heterocycles. The van der Waals surface area contributed by atoms with Crippen molar-refractivity contribution in [2.24, 2.45) is 0 Å². The van der Waals surface area contributed by atoms with Gasteiger partial charge in [-0.05, 0) is 19.8 Å². The fraction of sp³-hybridized carbons (Fsp3) is 0.529. The highest BCUT2D eigenvalue weighted by molar-refractivity contribution is 5.14. The molecule has 0 aromatic rings. The minimum Gasteiger partial charge on any atom is -0.0877 e. The molecule has 0 aliphatic rings. The van der Waals surface area contributed by atoms with E-state index in [1.807, 2.05) is 25.2 Å². The first-order valence-electron chi connectivity index (χ1n) is 7.03. The molecule has 0 unspecified atom stereocenters. The summed E-state index contributed by atoms with van der Waals surface area (Å²) in [6.07, 6.45) is 26.2. The van der Waals surface area contributed by atoms with E-state index in [-0.39, 0.29) is 0 Å². The molecular weight excluding hydrogens is 204 g/mol. The van der Waals surface area contributed by atoms with Crippen molar-refractivity contribution in [3.63, 3.8) is 0 Å². The third kappa shape index (κ3) is 15.0. The van der Waals surface area contributed by atoms with Crippen LogP contribution < -0.4 is 0 Å². The summed E-state index contributed by atoms with van der Waals surface area (Å²) in [5, 5.41) is 0. The number of unbranched alkanes of at least 4 members (excludes halogenated alkanes) is 6. The van der Waals surface area contributed by atoms with Crippen LogP contribution in [0, 0.1) is 0 Å². The van der Waals surface area contributed by atoms with Crippen molar-refractivity contribution in [2.45, 2.75) is 58.8 Å². The summed E-state index contributed by atoms with van der Waals surface area (Å²) in [6.45, 7) is 4.29. The molecule has 0 radical (unpaired) electrons. The van der Waals surface area contributed by atoms with Crippen molar-refractivity contribution in [1.82, 2.24) is 0 Å². The van der Waals surface area contributed by atoms with Gasteiger partial charge in [0, 0.05) is 0 Å². The Kier molecular flexibility index (Phi) is 14.0. The SMILES string of the molecule is C/C=C/C=C/C=C/C=C/CCCCCCCC. The van der Waals surface area contributed by atoms with E-state index in [1.54, 1.807) is 0 Å². The highest BCUT2D eigenvalue weighted by Crippen LogP contribution is 2.07. The standard InChI is InChI=1S/C17H28/c1-3-5-7-9-11-13-15-17-16-14-12-10-8-6-4-2/h3,5,7,9,11,13,15,17H,4,6,8,10,12,14,16H2,1-2H3/b5-3+,9-7+,13-11+,17-15+. The second kappa shape index (κ2) is 15.0. The third-order valence-electron chi connectivity index (χ3n) is 2.61. The average Bonchev–Trinajstić information content (AvgIpc) is 2.35. The summed E-state index contributed by atoms with van der Waals surface area (Å²) in [6, 6.07) is 0. The van der Waals surface area contributed by atoms with E-state index in [0.29, 0.717) is 0 Å². The quantitative estimate of drug-likeness (QED) is 0.321. The van der Waals surface area contributed by atoms with Crippen LogP contribution in [-0.4, -0.2) is 0 Å². The molecule has 0 bridgehead atoms. The van der Waals surface area contributed by atoms with Gasteiger partial charge in [-0.3, -0.25) is 0 Å². The predicted octanol–water partition coefficient (Wildman–Crippen LogP) is 5.98. The zero-order chi connectivity index (χ0) is 12.6. The van der Waals surface area contributed by atoms with Gasteiger partial charge in [0.2, 0.25) is 0 Å². The lowest BCUT2D eigenvalue weighted by Crippen LogP contribution is -1.77. The zero-order valence-corrected chi connectivity index (χ0v) is 11.6. The van der Waals surface area contributed by atoms with Crippen LogP contribution in [0.5, 0.6) is 0 Å². The van der Waals surface area contributed by atoms with Gasteiger partial charge in [-0.15, -0.1) is 0 Å². The van der Waals surface area contributed by atoms with E-state index in [4.69, 9.17) is 0 Å². The molecule has 0 atom stereocenters. The lowest BCUT2D eigenvalue weighted by atomic mass is 10.1. The molecule has 0 fully saturated rings. The highest BCUT2D eigenvalue weighted by Gasteiger charge is 1.87. The van der Waals surface area contributed by atoms with Crippen LogP contribution in [0.3, 0.4) is 0 Å². The molecule has 0 aliphatic heterocycles. The lowest BCUT2D eigenvalue weighted by molar-refractivity contribution is 0.611. The number of hydrogen-bond donors (Lipinski definition) is 0. The zero-order valence-electron chi connectivity index (χ0n) is 11.6. The monoisotopic (exact) mass is 232 g/mol. The smallest absolute Gasteiger partial charge is 0.0348 e. The van der Waals surface area contributed by atoms with Crippen molar-refractivity contribution in [1.29, 1.82) is 0 Å². The van der Waals surface area contributed by atoms with Crippen LogP contribution in [0.15, 0.2) is 48.6 Å². The predicted molar refractivity (Wildman–Crippen MR) is 80.2 cm³/mol. The van der Waals surface area contributed by atoms with Gasteiger partial charge in [0.1, 0.15) is 0 Å². The Balaban J connectivity index is 3.30. The van der Waals surface area contributed by atoms with E-state index in [2.05, 4.69) is 37.3 Å². The van der Waals surface area contributed by atoms with Crippen molar-refractivity contribution < 1.29 is 0 Å². The lowest BCUT2D eigenvalue weighted by Gasteiger charge is -1.97. The molecular formula is C17H28. The Morgan fingerprint density at radius 2 is 1.24 bits per heavy atom. The molecule has 0 saturated carbocycles. The van der Waals surface area contributed by atoms with Gasteiger partial charge in [-0.25, -0.2) is 0 Å². The molecule has 0 aromatic heterocycles. The van der Waals surface area contributed by atoms with Gasteiger partial charge in [0.05, 0.1) is 0 Å². The Hall–Kier alpha value is -1.04. The van der Waals surface area contributed by atoms with E-state index in [0.717, 1.165) is 0 Å². The van der Waals surface area contributed by atoms with Gasteiger partial charge in [-0.2, -0.15) is 0 Å². The number of allylic oxidation sites excluding steroid dienone is 8. The summed E-state index contributed by atoms with van der Waals surface area (Å²) in [7, 11) is 0. The number of rotatable bonds is 10. The minimum atomic E-state index is 1.22. The van der Waals surface area contributed by atoms with Crippen LogP contribution in [0.4, 0.5) is 0 Å². The summed E-state index contributed by atoms with van der Waals surface area (Å²) in [5.41, 5.74) is 0. The Morgan fingerprint density at radius 3 is 1.94 bits per heavy atom. The molecule has 0 rings (SSSR count). The number of hydrogen-bond acceptors (Lipinski definition) is 0. The molecule has 0 N–H and O–H groups in total. The van der Waals surface area contributed by atoms with E-state index in [1.165, 1.54) is 44.9 Å². The van der Waals surface area contributed by atoms with Gasteiger partial charge in [0.25, 0.3) is 0 Å². The fourth-order valence-electron chi connectivity index (χ4n) is 1.59. The Labute approximate surface area is 108 Å². The van der Waals surface area contributed by atoms with Gasteiger partial charge < -0.3 is 0 Å². The van der Waals surface area contributed by atoms with Crippen molar-refractivity contribution in [2.75, 3.05) is 0 Å². The molecule has 96 valence electrons. The maximum atomic E-state index is 2.26. The van der Waals surface area contributed by atoms with E-state index in [9.17, 15) is 0 Å². The normalized spacial score (nSPS) is 12.8. The molecule has 0 nitrogen and oxygen atoms in total. The van der Waals surface area contributed by atoms with Crippen molar-refractivity contribution in [3.05, 3.63) is 48.6 Å².